The number of ether oxygens (including phenoxy) is 2. The van der Waals surface area contributed by atoms with Crippen LogP contribution in [0.25, 0.3) is 0 Å². The Labute approximate surface area is 89.0 Å². The lowest BCUT2D eigenvalue weighted by Gasteiger charge is -2.07. The van der Waals surface area contributed by atoms with Gasteiger partial charge in [0.2, 0.25) is 0 Å². The maximum Gasteiger partial charge on any atom is 0.308 e. The van der Waals surface area contributed by atoms with Crippen LogP contribution in [0.3, 0.4) is 0 Å². The molecule has 0 aliphatic rings. The van der Waals surface area contributed by atoms with E-state index in [9.17, 15) is 9.59 Å². The van der Waals surface area contributed by atoms with Crippen molar-refractivity contribution in [2.75, 3.05) is 13.7 Å². The number of hydrogen-bond acceptors (Lipinski definition) is 5. The molecule has 0 aromatic carbocycles. The molecule has 0 aromatic rings. The summed E-state index contributed by atoms with van der Waals surface area (Å²) in [5.74, 6) is -1.03. The Kier molecular flexibility index (Phi) is 6.98. The molecule has 0 radical (unpaired) electrons. The third-order valence-electron chi connectivity index (χ3n) is 1.86. The second-order valence-electron chi connectivity index (χ2n) is 3.09. The maximum atomic E-state index is 11.0. The van der Waals surface area contributed by atoms with E-state index in [4.69, 9.17) is 10.00 Å². The fourth-order valence-corrected chi connectivity index (χ4v) is 0.936. The molecule has 0 aliphatic heterocycles. The van der Waals surface area contributed by atoms with Gasteiger partial charge < -0.3 is 9.47 Å². The maximum absolute atomic E-state index is 11.0. The van der Waals surface area contributed by atoms with Gasteiger partial charge in [-0.15, -0.1) is 0 Å². The zero-order valence-electron chi connectivity index (χ0n) is 8.99. The quantitative estimate of drug-likeness (QED) is 0.486. The molecule has 0 saturated carbocycles. The van der Waals surface area contributed by atoms with Crippen molar-refractivity contribution >= 4 is 11.9 Å². The SMILES string of the molecule is COC(=O)C(C)CCC(=O)OCCC#N. The molecule has 5 heteroatoms. The van der Waals surface area contributed by atoms with Crippen LogP contribution in [-0.4, -0.2) is 25.7 Å². The minimum Gasteiger partial charge on any atom is -0.469 e. The third kappa shape index (κ3) is 6.49. The number of rotatable bonds is 6. The fraction of sp³-hybridized carbons (Fsp3) is 0.700. The number of carbonyl (C=O) groups excluding carboxylic acids is 2. The average molecular weight is 213 g/mol. The lowest BCUT2D eigenvalue weighted by molar-refractivity contribution is -0.146. The number of hydrogen-bond donors (Lipinski definition) is 0. The fourth-order valence-electron chi connectivity index (χ4n) is 0.936. The molecule has 0 saturated heterocycles. The molecule has 15 heavy (non-hydrogen) atoms. The zero-order valence-corrected chi connectivity index (χ0v) is 8.99. The van der Waals surface area contributed by atoms with Crippen LogP contribution in [-0.2, 0) is 19.1 Å². The lowest BCUT2D eigenvalue weighted by atomic mass is 10.1. The van der Waals surface area contributed by atoms with Crippen LogP contribution in [0.15, 0.2) is 0 Å². The van der Waals surface area contributed by atoms with Crippen LogP contribution >= 0.6 is 0 Å². The van der Waals surface area contributed by atoms with Gasteiger partial charge in [0.05, 0.1) is 25.5 Å². The van der Waals surface area contributed by atoms with E-state index in [-0.39, 0.29) is 37.3 Å². The third-order valence-corrected chi connectivity index (χ3v) is 1.86. The predicted molar refractivity (Wildman–Crippen MR) is 51.6 cm³/mol. The summed E-state index contributed by atoms with van der Waals surface area (Å²) in [7, 11) is 1.31. The van der Waals surface area contributed by atoms with Gasteiger partial charge in [-0.3, -0.25) is 9.59 Å². The van der Waals surface area contributed by atoms with Gasteiger partial charge in [-0.1, -0.05) is 6.92 Å². The number of carbonyl (C=O) groups is 2. The van der Waals surface area contributed by atoms with Crippen LogP contribution in [0, 0.1) is 17.2 Å². The van der Waals surface area contributed by atoms with E-state index in [0.29, 0.717) is 6.42 Å². The van der Waals surface area contributed by atoms with E-state index in [1.54, 1.807) is 6.92 Å². The predicted octanol–water partition coefficient (Wildman–Crippen LogP) is 1.03. The molecular weight excluding hydrogens is 198 g/mol. The second-order valence-corrected chi connectivity index (χ2v) is 3.09. The minimum atomic E-state index is -0.388. The van der Waals surface area contributed by atoms with Crippen molar-refractivity contribution < 1.29 is 19.1 Å². The van der Waals surface area contributed by atoms with Crippen molar-refractivity contribution in [3.05, 3.63) is 0 Å². The Bertz CT molecular complexity index is 257. The average Bonchev–Trinajstić information content (AvgIpc) is 2.25. The molecule has 0 spiro atoms. The number of nitrogens with zero attached hydrogens (tertiary/aromatic N) is 1. The van der Waals surface area contributed by atoms with Gasteiger partial charge in [0.1, 0.15) is 6.61 Å². The van der Waals surface area contributed by atoms with Gasteiger partial charge in [-0.05, 0) is 6.42 Å². The van der Waals surface area contributed by atoms with Crippen molar-refractivity contribution in [1.82, 2.24) is 0 Å². The summed E-state index contributed by atoms with van der Waals surface area (Å²) in [5.41, 5.74) is 0. The van der Waals surface area contributed by atoms with Crippen molar-refractivity contribution in [3.8, 4) is 6.07 Å². The molecule has 0 fully saturated rings. The van der Waals surface area contributed by atoms with Gasteiger partial charge in [0, 0.05) is 6.42 Å². The molecule has 5 nitrogen and oxygen atoms in total. The standard InChI is InChI=1S/C10H15NO4/c1-8(10(13)14-2)4-5-9(12)15-7-3-6-11/h8H,3-5,7H2,1-2H3. The Morgan fingerprint density at radius 3 is 2.67 bits per heavy atom. The highest BCUT2D eigenvalue weighted by Crippen LogP contribution is 2.08. The Morgan fingerprint density at radius 2 is 2.13 bits per heavy atom. The zero-order chi connectivity index (χ0) is 11.7. The van der Waals surface area contributed by atoms with E-state index >= 15 is 0 Å². The summed E-state index contributed by atoms with van der Waals surface area (Å²) in [6, 6.07) is 1.86. The monoisotopic (exact) mass is 213 g/mol. The van der Waals surface area contributed by atoms with E-state index < -0.39 is 0 Å². The highest BCUT2D eigenvalue weighted by Gasteiger charge is 2.15. The Morgan fingerprint density at radius 1 is 1.47 bits per heavy atom. The van der Waals surface area contributed by atoms with Crippen LogP contribution < -0.4 is 0 Å². The van der Waals surface area contributed by atoms with E-state index in [1.807, 2.05) is 6.07 Å². The van der Waals surface area contributed by atoms with Crippen molar-refractivity contribution in [2.24, 2.45) is 5.92 Å². The molecule has 0 aliphatic carbocycles. The van der Waals surface area contributed by atoms with E-state index in [0.717, 1.165) is 0 Å². The van der Waals surface area contributed by atoms with Crippen LogP contribution in [0.2, 0.25) is 0 Å². The first kappa shape index (κ1) is 13.4. The molecule has 0 N–H and O–H groups in total. The summed E-state index contributed by atoms with van der Waals surface area (Å²) >= 11 is 0. The summed E-state index contributed by atoms with van der Waals surface area (Å²) in [4.78, 5) is 22.0. The van der Waals surface area contributed by atoms with Gasteiger partial charge in [0.25, 0.3) is 0 Å². The van der Waals surface area contributed by atoms with Crippen LogP contribution in [0.4, 0.5) is 0 Å². The van der Waals surface area contributed by atoms with Crippen molar-refractivity contribution in [3.63, 3.8) is 0 Å². The topological polar surface area (TPSA) is 76.4 Å². The van der Waals surface area contributed by atoms with Gasteiger partial charge >= 0.3 is 11.9 Å². The molecule has 1 unspecified atom stereocenters. The molecule has 0 amide bonds. The first-order valence-corrected chi connectivity index (χ1v) is 4.72. The minimum absolute atomic E-state index is 0.113. The summed E-state index contributed by atoms with van der Waals surface area (Å²) in [6.45, 7) is 1.80. The highest BCUT2D eigenvalue weighted by molar-refractivity contribution is 5.74. The molecule has 0 heterocycles. The first-order valence-electron chi connectivity index (χ1n) is 4.72. The largest absolute Gasteiger partial charge is 0.469 e. The van der Waals surface area contributed by atoms with Crippen molar-refractivity contribution in [2.45, 2.75) is 26.2 Å². The highest BCUT2D eigenvalue weighted by atomic mass is 16.5. The van der Waals surface area contributed by atoms with Crippen LogP contribution in [0.5, 0.6) is 0 Å². The number of methoxy groups -OCH3 is 1. The van der Waals surface area contributed by atoms with E-state index in [2.05, 4.69) is 4.74 Å². The number of nitriles is 1. The van der Waals surface area contributed by atoms with Crippen molar-refractivity contribution in [1.29, 1.82) is 5.26 Å². The molecule has 1 atom stereocenters. The Hall–Kier alpha value is -1.57. The normalized spacial score (nSPS) is 11.3. The molecule has 0 aromatic heterocycles. The summed E-state index contributed by atoms with van der Waals surface area (Å²) in [6.07, 6.45) is 0.762. The molecular formula is C10H15NO4. The summed E-state index contributed by atoms with van der Waals surface area (Å²) < 4.78 is 9.24. The first-order chi connectivity index (χ1) is 7.11. The van der Waals surface area contributed by atoms with Gasteiger partial charge in [0.15, 0.2) is 0 Å². The van der Waals surface area contributed by atoms with E-state index in [1.165, 1.54) is 7.11 Å². The summed E-state index contributed by atoms with van der Waals surface area (Å²) in [5, 5.41) is 8.20. The van der Waals surface area contributed by atoms with Gasteiger partial charge in [-0.2, -0.15) is 5.26 Å². The smallest absolute Gasteiger partial charge is 0.308 e. The lowest BCUT2D eigenvalue weighted by Crippen LogP contribution is -2.15. The second kappa shape index (κ2) is 7.80. The molecule has 84 valence electrons. The van der Waals surface area contributed by atoms with Gasteiger partial charge in [-0.25, -0.2) is 0 Å². The molecule has 0 bridgehead atoms. The Balaban J connectivity index is 3.62. The number of esters is 2. The van der Waals surface area contributed by atoms with Crippen LogP contribution in [0.1, 0.15) is 26.2 Å². The molecule has 0 rings (SSSR count).